The van der Waals surface area contributed by atoms with E-state index in [1.165, 1.54) is 12.1 Å². The zero-order chi connectivity index (χ0) is 20.7. The highest BCUT2D eigenvalue weighted by atomic mass is 19.2. The summed E-state index contributed by atoms with van der Waals surface area (Å²) in [6.45, 7) is -7.92. The summed E-state index contributed by atoms with van der Waals surface area (Å²) in [7, 11) is 0. The smallest absolute Gasteiger partial charge is 0.316 e. The lowest BCUT2D eigenvalue weighted by molar-refractivity contribution is -0.247. The van der Waals surface area contributed by atoms with Crippen LogP contribution in [0.1, 0.15) is 25.3 Å². The molecule has 156 valence electrons. The van der Waals surface area contributed by atoms with Gasteiger partial charge in [0.05, 0.1) is 6.10 Å². The van der Waals surface area contributed by atoms with Crippen LogP contribution in [-0.2, 0) is 6.42 Å². The van der Waals surface area contributed by atoms with Crippen molar-refractivity contribution in [2.45, 2.75) is 49.5 Å². The van der Waals surface area contributed by atoms with Gasteiger partial charge >= 0.3 is 5.85 Å². The summed E-state index contributed by atoms with van der Waals surface area (Å²) >= 11 is 0. The van der Waals surface area contributed by atoms with Crippen molar-refractivity contribution < 1.29 is 40.6 Å². The van der Waals surface area contributed by atoms with Crippen LogP contribution in [0.25, 0.3) is 0 Å². The van der Waals surface area contributed by atoms with Gasteiger partial charge in [-0.25, -0.2) is 26.3 Å². The number of alkyl halides is 7. The standard InChI is InChI=1S/C18H23F7O2/c1-2-4-14(26)7-13-5-3-6-15(8-13)27-18(25,12-22)17(24,11-21)16(23,9-19)10-20/h3,5-6,8,14,26H,2,4,7,9-12H2,1H3. The summed E-state index contributed by atoms with van der Waals surface area (Å²) in [5, 5.41) is 9.79. The van der Waals surface area contributed by atoms with Crippen molar-refractivity contribution in [2.24, 2.45) is 0 Å². The minimum Gasteiger partial charge on any atom is -0.452 e. The van der Waals surface area contributed by atoms with Crippen molar-refractivity contribution in [2.75, 3.05) is 26.7 Å². The Balaban J connectivity index is 3.18. The van der Waals surface area contributed by atoms with Gasteiger partial charge in [0.1, 0.15) is 25.8 Å². The van der Waals surface area contributed by atoms with E-state index in [9.17, 15) is 35.8 Å². The zero-order valence-electron chi connectivity index (χ0n) is 14.8. The van der Waals surface area contributed by atoms with Gasteiger partial charge in [-0.05, 0) is 30.5 Å². The maximum atomic E-state index is 14.8. The average molecular weight is 404 g/mol. The highest BCUT2D eigenvalue weighted by molar-refractivity contribution is 5.30. The predicted octanol–water partition coefficient (Wildman–Crippen LogP) is 4.73. The minimum absolute atomic E-state index is 0.117. The van der Waals surface area contributed by atoms with Gasteiger partial charge in [0.25, 0.3) is 0 Å². The molecule has 0 aromatic heterocycles. The topological polar surface area (TPSA) is 29.5 Å². The second-order valence-corrected chi connectivity index (χ2v) is 6.43. The van der Waals surface area contributed by atoms with Gasteiger partial charge in [0, 0.05) is 0 Å². The number of hydrogen-bond donors (Lipinski definition) is 1. The van der Waals surface area contributed by atoms with Gasteiger partial charge < -0.3 is 9.84 Å². The molecule has 0 bridgehead atoms. The van der Waals surface area contributed by atoms with E-state index in [0.29, 0.717) is 18.4 Å². The number of benzene rings is 1. The van der Waals surface area contributed by atoms with Crippen molar-refractivity contribution >= 4 is 0 Å². The van der Waals surface area contributed by atoms with Crippen LogP contribution in [0.5, 0.6) is 5.75 Å². The van der Waals surface area contributed by atoms with Crippen molar-refractivity contribution in [3.8, 4) is 5.75 Å². The van der Waals surface area contributed by atoms with Gasteiger partial charge in [0.15, 0.2) is 6.67 Å². The van der Waals surface area contributed by atoms with E-state index >= 15 is 0 Å². The lowest BCUT2D eigenvalue weighted by Crippen LogP contribution is -2.68. The molecule has 0 spiro atoms. The van der Waals surface area contributed by atoms with Crippen molar-refractivity contribution in [3.05, 3.63) is 29.8 Å². The highest BCUT2D eigenvalue weighted by Gasteiger charge is 2.70. The monoisotopic (exact) mass is 404 g/mol. The lowest BCUT2D eigenvalue weighted by atomic mass is 9.82. The number of aliphatic hydroxyl groups is 1. The van der Waals surface area contributed by atoms with Gasteiger partial charge in [-0.3, -0.25) is 0 Å². The third-order valence-electron chi connectivity index (χ3n) is 4.35. The number of ether oxygens (including phenoxy) is 1. The van der Waals surface area contributed by atoms with Crippen LogP contribution in [0, 0.1) is 0 Å². The molecule has 1 N–H and O–H groups in total. The molecule has 1 rings (SSSR count). The summed E-state index contributed by atoms with van der Waals surface area (Å²) in [4.78, 5) is 0. The molecule has 1 aromatic carbocycles. The molecule has 0 saturated heterocycles. The molecule has 0 saturated carbocycles. The Hall–Kier alpha value is -1.51. The van der Waals surface area contributed by atoms with E-state index in [2.05, 4.69) is 4.74 Å². The first-order chi connectivity index (χ1) is 12.6. The van der Waals surface area contributed by atoms with Gasteiger partial charge in [-0.15, -0.1) is 0 Å². The van der Waals surface area contributed by atoms with Crippen molar-refractivity contribution in [3.63, 3.8) is 0 Å². The fraction of sp³-hybridized carbons (Fsp3) is 0.667. The van der Waals surface area contributed by atoms with Crippen LogP contribution in [0.3, 0.4) is 0 Å². The Labute approximate surface area is 153 Å². The minimum atomic E-state index is -4.56. The van der Waals surface area contributed by atoms with E-state index in [4.69, 9.17) is 0 Å². The normalized spacial score (nSPS) is 17.8. The molecule has 0 aliphatic rings. The molecule has 0 fully saturated rings. The first-order valence-corrected chi connectivity index (χ1v) is 8.42. The van der Waals surface area contributed by atoms with Gasteiger partial charge in [-0.1, -0.05) is 25.5 Å². The van der Waals surface area contributed by atoms with Gasteiger partial charge in [-0.2, -0.15) is 4.39 Å². The molecular formula is C18H23F7O2. The Morgan fingerprint density at radius 2 is 1.63 bits per heavy atom. The van der Waals surface area contributed by atoms with Crippen LogP contribution < -0.4 is 4.74 Å². The quantitative estimate of drug-likeness (QED) is 0.511. The highest BCUT2D eigenvalue weighted by Crippen LogP contribution is 2.45. The Kier molecular flexibility index (Phi) is 8.38. The molecule has 0 aliphatic carbocycles. The first-order valence-electron chi connectivity index (χ1n) is 8.42. The molecule has 2 nitrogen and oxygen atoms in total. The van der Waals surface area contributed by atoms with E-state index in [1.807, 2.05) is 6.92 Å². The number of aliphatic hydroxyl groups excluding tert-OH is 1. The van der Waals surface area contributed by atoms with Crippen LogP contribution in [0.15, 0.2) is 24.3 Å². The second-order valence-electron chi connectivity index (χ2n) is 6.43. The first kappa shape index (κ1) is 23.5. The number of hydrogen-bond acceptors (Lipinski definition) is 2. The SMILES string of the molecule is CCCC(O)Cc1cccc(OC(F)(CF)C(F)(CF)C(F)(CF)CF)c1. The van der Waals surface area contributed by atoms with E-state index < -0.39 is 55.7 Å². The average Bonchev–Trinajstić information content (AvgIpc) is 2.66. The van der Waals surface area contributed by atoms with Crippen molar-refractivity contribution in [1.82, 2.24) is 0 Å². The number of rotatable bonds is 12. The molecule has 3 unspecified atom stereocenters. The fourth-order valence-corrected chi connectivity index (χ4v) is 2.65. The molecule has 9 heteroatoms. The Morgan fingerprint density at radius 1 is 1.00 bits per heavy atom. The summed E-state index contributed by atoms with van der Waals surface area (Å²) in [6, 6.07) is 5.00. The summed E-state index contributed by atoms with van der Waals surface area (Å²) < 4.78 is 100. The Morgan fingerprint density at radius 3 is 2.11 bits per heavy atom. The maximum Gasteiger partial charge on any atom is 0.316 e. The summed E-state index contributed by atoms with van der Waals surface area (Å²) in [6.07, 6.45) is 0.546. The molecule has 27 heavy (non-hydrogen) atoms. The maximum absolute atomic E-state index is 14.8. The largest absolute Gasteiger partial charge is 0.452 e. The lowest BCUT2D eigenvalue weighted by Gasteiger charge is -2.41. The predicted molar refractivity (Wildman–Crippen MR) is 87.1 cm³/mol. The third kappa shape index (κ3) is 4.86. The van der Waals surface area contributed by atoms with Gasteiger partial charge in [0.2, 0.25) is 11.3 Å². The van der Waals surface area contributed by atoms with Crippen LogP contribution in [-0.4, -0.2) is 55.1 Å². The van der Waals surface area contributed by atoms with E-state index in [1.54, 1.807) is 0 Å². The van der Waals surface area contributed by atoms with Crippen molar-refractivity contribution in [1.29, 1.82) is 0 Å². The molecule has 0 aliphatic heterocycles. The molecule has 3 atom stereocenters. The van der Waals surface area contributed by atoms with E-state index in [0.717, 1.165) is 12.1 Å². The van der Waals surface area contributed by atoms with Crippen LogP contribution in [0.4, 0.5) is 30.7 Å². The number of halogens is 7. The molecule has 0 radical (unpaired) electrons. The summed E-state index contributed by atoms with van der Waals surface area (Å²) in [5.74, 6) is -4.82. The Bertz CT molecular complexity index is 585. The molecular weight excluding hydrogens is 381 g/mol. The molecule has 0 amide bonds. The third-order valence-corrected chi connectivity index (χ3v) is 4.35. The van der Waals surface area contributed by atoms with E-state index in [-0.39, 0.29) is 6.42 Å². The second kappa shape index (κ2) is 9.61. The van der Waals surface area contributed by atoms with Crippen LogP contribution >= 0.6 is 0 Å². The fourth-order valence-electron chi connectivity index (χ4n) is 2.65. The molecule has 0 heterocycles. The zero-order valence-corrected chi connectivity index (χ0v) is 14.8. The van der Waals surface area contributed by atoms with Crippen LogP contribution in [0.2, 0.25) is 0 Å². The molecule has 1 aromatic rings. The summed E-state index contributed by atoms with van der Waals surface area (Å²) in [5.41, 5.74) is -8.42.